The van der Waals surface area contributed by atoms with Crippen LogP contribution in [-0.2, 0) is 4.74 Å². The SMILES string of the molecule is CCCCOC(=O)c1[nH]cnc1/N=N\N(C)C. The summed E-state index contributed by atoms with van der Waals surface area (Å²) in [6.45, 7) is 2.43. The quantitative estimate of drug-likeness (QED) is 0.356. The lowest BCUT2D eigenvalue weighted by atomic mass is 10.3. The number of hydrogen-bond acceptors (Lipinski definition) is 5. The highest BCUT2D eigenvalue weighted by Gasteiger charge is 2.15. The van der Waals surface area contributed by atoms with Gasteiger partial charge in [0.05, 0.1) is 12.9 Å². The number of esters is 1. The Hall–Kier alpha value is -1.92. The molecule has 7 heteroatoms. The molecule has 0 aliphatic heterocycles. The van der Waals surface area contributed by atoms with Crippen LogP contribution in [0, 0.1) is 0 Å². The number of nitrogens with one attached hydrogen (secondary N) is 1. The van der Waals surface area contributed by atoms with Gasteiger partial charge in [-0.15, -0.1) is 5.11 Å². The monoisotopic (exact) mass is 239 g/mol. The fraction of sp³-hybridized carbons (Fsp3) is 0.600. The molecule has 0 radical (unpaired) electrons. The van der Waals surface area contributed by atoms with Gasteiger partial charge >= 0.3 is 5.97 Å². The van der Waals surface area contributed by atoms with Crippen LogP contribution in [0.1, 0.15) is 30.3 Å². The maximum Gasteiger partial charge on any atom is 0.358 e. The van der Waals surface area contributed by atoms with E-state index >= 15 is 0 Å². The van der Waals surface area contributed by atoms with Gasteiger partial charge in [-0.1, -0.05) is 18.6 Å². The molecule has 7 nitrogen and oxygen atoms in total. The molecule has 1 rings (SSSR count). The molecule has 1 aromatic rings. The van der Waals surface area contributed by atoms with Crippen LogP contribution in [0.4, 0.5) is 5.82 Å². The summed E-state index contributed by atoms with van der Waals surface area (Å²) >= 11 is 0. The highest BCUT2D eigenvalue weighted by atomic mass is 16.5. The lowest BCUT2D eigenvalue weighted by Gasteiger charge is -2.02. The van der Waals surface area contributed by atoms with Gasteiger partial charge in [0.1, 0.15) is 0 Å². The molecule has 0 bridgehead atoms. The summed E-state index contributed by atoms with van der Waals surface area (Å²) in [7, 11) is 3.46. The van der Waals surface area contributed by atoms with Gasteiger partial charge in [-0.05, 0) is 6.42 Å². The summed E-state index contributed by atoms with van der Waals surface area (Å²) < 4.78 is 5.05. The fourth-order valence-electron chi connectivity index (χ4n) is 1.03. The fourth-order valence-corrected chi connectivity index (χ4v) is 1.03. The Morgan fingerprint density at radius 2 is 2.35 bits per heavy atom. The van der Waals surface area contributed by atoms with Crippen molar-refractivity contribution >= 4 is 11.8 Å². The molecule has 1 heterocycles. The van der Waals surface area contributed by atoms with Crippen molar-refractivity contribution in [3.05, 3.63) is 12.0 Å². The first-order chi connectivity index (χ1) is 8.15. The third kappa shape index (κ3) is 4.21. The normalized spacial score (nSPS) is 10.8. The molecule has 0 aliphatic rings. The van der Waals surface area contributed by atoms with Crippen molar-refractivity contribution in [3.63, 3.8) is 0 Å². The van der Waals surface area contributed by atoms with Crippen molar-refractivity contribution in [1.82, 2.24) is 15.0 Å². The first-order valence-electron chi connectivity index (χ1n) is 5.44. The van der Waals surface area contributed by atoms with Crippen LogP contribution < -0.4 is 0 Å². The zero-order valence-corrected chi connectivity index (χ0v) is 10.3. The van der Waals surface area contributed by atoms with E-state index in [0.717, 1.165) is 12.8 Å². The average molecular weight is 239 g/mol. The predicted octanol–water partition coefficient (Wildman–Crippen LogP) is 1.93. The minimum absolute atomic E-state index is 0.228. The largest absolute Gasteiger partial charge is 0.461 e. The number of rotatable bonds is 6. The number of H-pyrrole nitrogens is 1. The van der Waals surface area contributed by atoms with Crippen LogP contribution in [0.2, 0.25) is 0 Å². The lowest BCUT2D eigenvalue weighted by molar-refractivity contribution is 0.0494. The molecule has 0 spiro atoms. The Morgan fingerprint density at radius 1 is 1.59 bits per heavy atom. The summed E-state index contributed by atoms with van der Waals surface area (Å²) in [5, 5.41) is 9.11. The van der Waals surface area contributed by atoms with E-state index in [2.05, 4.69) is 20.3 Å². The van der Waals surface area contributed by atoms with Gasteiger partial charge in [0, 0.05) is 14.1 Å². The molecule has 1 aromatic heterocycles. The van der Waals surface area contributed by atoms with Crippen molar-refractivity contribution < 1.29 is 9.53 Å². The number of imidazole rings is 1. The van der Waals surface area contributed by atoms with Crippen molar-refractivity contribution in [2.75, 3.05) is 20.7 Å². The van der Waals surface area contributed by atoms with Crippen LogP contribution in [-0.4, -0.2) is 41.6 Å². The van der Waals surface area contributed by atoms with Gasteiger partial charge in [0.2, 0.25) is 5.82 Å². The topological polar surface area (TPSA) is 82.9 Å². The van der Waals surface area contributed by atoms with Crippen molar-refractivity contribution in [2.45, 2.75) is 19.8 Å². The second-order valence-corrected chi connectivity index (χ2v) is 3.63. The van der Waals surface area contributed by atoms with Crippen LogP contribution in [0.3, 0.4) is 0 Å². The molecule has 0 unspecified atom stereocenters. The maximum absolute atomic E-state index is 11.6. The average Bonchev–Trinajstić information content (AvgIpc) is 2.74. The molecule has 0 aliphatic carbocycles. The highest BCUT2D eigenvalue weighted by molar-refractivity contribution is 5.91. The first-order valence-corrected chi connectivity index (χ1v) is 5.44. The molecule has 94 valence electrons. The lowest BCUT2D eigenvalue weighted by Crippen LogP contribution is -2.07. The molecular formula is C10H17N5O2. The molecule has 0 saturated carbocycles. The van der Waals surface area contributed by atoms with Gasteiger partial charge < -0.3 is 9.72 Å². The Kier molecular flexibility index (Phi) is 5.12. The van der Waals surface area contributed by atoms with E-state index in [1.54, 1.807) is 14.1 Å². The van der Waals surface area contributed by atoms with Crippen LogP contribution >= 0.6 is 0 Å². The molecular weight excluding hydrogens is 222 g/mol. The molecule has 0 atom stereocenters. The highest BCUT2D eigenvalue weighted by Crippen LogP contribution is 2.15. The first kappa shape index (κ1) is 13.1. The Bertz CT molecular complexity index is 386. The number of hydrogen-bond donors (Lipinski definition) is 1. The second kappa shape index (κ2) is 6.62. The summed E-state index contributed by atoms with van der Waals surface area (Å²) in [6, 6.07) is 0. The second-order valence-electron chi connectivity index (χ2n) is 3.63. The molecule has 0 amide bonds. The number of carbonyl (C=O) groups excluding carboxylic acids is 1. The third-order valence-electron chi connectivity index (χ3n) is 1.87. The summed E-state index contributed by atoms with van der Waals surface area (Å²) in [6.07, 6.45) is 3.21. The van der Waals surface area contributed by atoms with Crippen LogP contribution in [0.5, 0.6) is 0 Å². The van der Waals surface area contributed by atoms with Crippen molar-refractivity contribution in [3.8, 4) is 0 Å². The smallest absolute Gasteiger partial charge is 0.358 e. The van der Waals surface area contributed by atoms with E-state index in [1.165, 1.54) is 11.3 Å². The Morgan fingerprint density at radius 3 is 3.00 bits per heavy atom. The van der Waals surface area contributed by atoms with Crippen molar-refractivity contribution in [1.29, 1.82) is 0 Å². The number of aromatic nitrogens is 2. The van der Waals surface area contributed by atoms with Crippen molar-refractivity contribution in [2.24, 2.45) is 10.3 Å². The minimum Gasteiger partial charge on any atom is -0.461 e. The Labute approximate surface area is 99.9 Å². The minimum atomic E-state index is -0.455. The molecule has 0 aromatic carbocycles. The summed E-state index contributed by atoms with van der Waals surface area (Å²) in [4.78, 5) is 18.2. The third-order valence-corrected chi connectivity index (χ3v) is 1.87. The van der Waals surface area contributed by atoms with Gasteiger partial charge in [-0.25, -0.2) is 9.78 Å². The van der Waals surface area contributed by atoms with Gasteiger partial charge in [0.25, 0.3) is 0 Å². The maximum atomic E-state index is 11.6. The Balaban J connectivity index is 2.64. The summed E-state index contributed by atoms with van der Waals surface area (Å²) in [5.41, 5.74) is 0.228. The number of unbranched alkanes of at least 4 members (excludes halogenated alkanes) is 1. The standard InChI is InChI=1S/C10H17N5O2/c1-4-5-6-17-10(16)8-9(12-7-11-8)13-14-15(2)3/h7H,4-6H2,1-3H3,(H,11,12)/b14-13-. The molecule has 0 saturated heterocycles. The molecule has 0 fully saturated rings. The van der Waals surface area contributed by atoms with Crippen LogP contribution in [0.25, 0.3) is 0 Å². The van der Waals surface area contributed by atoms with E-state index in [0.29, 0.717) is 6.61 Å². The van der Waals surface area contributed by atoms with E-state index in [1.807, 2.05) is 6.92 Å². The van der Waals surface area contributed by atoms with E-state index < -0.39 is 5.97 Å². The van der Waals surface area contributed by atoms with E-state index in [9.17, 15) is 4.79 Å². The van der Waals surface area contributed by atoms with Crippen LogP contribution in [0.15, 0.2) is 16.7 Å². The van der Waals surface area contributed by atoms with Gasteiger partial charge in [-0.3, -0.25) is 5.01 Å². The van der Waals surface area contributed by atoms with E-state index in [4.69, 9.17) is 4.74 Å². The predicted molar refractivity (Wildman–Crippen MR) is 62.0 cm³/mol. The molecule has 1 N–H and O–H groups in total. The summed E-state index contributed by atoms with van der Waals surface area (Å²) in [5.74, 6) is -0.219. The van der Waals surface area contributed by atoms with Gasteiger partial charge in [0.15, 0.2) is 5.69 Å². The van der Waals surface area contributed by atoms with Gasteiger partial charge in [-0.2, -0.15) is 0 Å². The van der Waals surface area contributed by atoms with E-state index in [-0.39, 0.29) is 11.5 Å². The number of nitrogens with zero attached hydrogens (tertiary/aromatic N) is 4. The number of carbonyl (C=O) groups is 1. The number of ether oxygens (including phenoxy) is 1. The zero-order valence-electron chi connectivity index (χ0n) is 10.3. The molecule has 17 heavy (non-hydrogen) atoms. The number of aromatic amines is 1. The zero-order chi connectivity index (χ0) is 12.7.